The van der Waals surface area contributed by atoms with Gasteiger partial charge in [0.15, 0.2) is 11.5 Å². The Labute approximate surface area is 116 Å². The molecule has 0 saturated heterocycles. The van der Waals surface area contributed by atoms with Crippen LogP contribution in [0, 0.1) is 0 Å². The lowest BCUT2D eigenvalue weighted by Gasteiger charge is -2.11. The molecule has 1 aromatic carbocycles. The van der Waals surface area contributed by atoms with E-state index >= 15 is 0 Å². The maximum absolute atomic E-state index is 8.68. The summed E-state index contributed by atoms with van der Waals surface area (Å²) in [6, 6.07) is 5.78. The Hall–Kier alpha value is -1.26. The van der Waals surface area contributed by atoms with Crippen LogP contribution < -0.4 is 15.2 Å². The molecule has 4 heteroatoms. The predicted molar refractivity (Wildman–Crippen MR) is 78.9 cm³/mol. The lowest BCUT2D eigenvalue weighted by Crippen LogP contribution is -2.05. The summed E-state index contributed by atoms with van der Waals surface area (Å²) < 4.78 is 10.7. The number of hydrogen-bond donors (Lipinski definition) is 2. The SMILES string of the molecule is CCC.COc1ccc(CCN)cc1OCCCO. The van der Waals surface area contributed by atoms with Gasteiger partial charge >= 0.3 is 0 Å². The summed E-state index contributed by atoms with van der Waals surface area (Å²) in [4.78, 5) is 0. The number of benzene rings is 1. The third-order valence-electron chi connectivity index (χ3n) is 2.22. The quantitative estimate of drug-likeness (QED) is 0.746. The van der Waals surface area contributed by atoms with Gasteiger partial charge in [0.25, 0.3) is 0 Å². The maximum atomic E-state index is 8.68. The van der Waals surface area contributed by atoms with E-state index in [0.29, 0.717) is 31.1 Å². The van der Waals surface area contributed by atoms with Gasteiger partial charge in [0.2, 0.25) is 0 Å². The summed E-state index contributed by atoms with van der Waals surface area (Å²) in [5.41, 5.74) is 6.62. The van der Waals surface area contributed by atoms with Crippen LogP contribution in [0.15, 0.2) is 18.2 Å². The summed E-state index contributed by atoms with van der Waals surface area (Å²) in [6.45, 7) is 5.48. The third-order valence-corrected chi connectivity index (χ3v) is 2.22. The van der Waals surface area contributed by atoms with Crippen molar-refractivity contribution < 1.29 is 14.6 Å². The molecule has 19 heavy (non-hydrogen) atoms. The van der Waals surface area contributed by atoms with Crippen LogP contribution in [-0.2, 0) is 6.42 Å². The van der Waals surface area contributed by atoms with Gasteiger partial charge in [-0.25, -0.2) is 0 Å². The van der Waals surface area contributed by atoms with Crippen LogP contribution in [0.5, 0.6) is 11.5 Å². The number of hydrogen-bond acceptors (Lipinski definition) is 4. The van der Waals surface area contributed by atoms with Gasteiger partial charge in [0, 0.05) is 13.0 Å². The fraction of sp³-hybridized carbons (Fsp3) is 0.600. The zero-order valence-corrected chi connectivity index (χ0v) is 12.3. The van der Waals surface area contributed by atoms with E-state index in [-0.39, 0.29) is 6.61 Å². The van der Waals surface area contributed by atoms with Crippen molar-refractivity contribution in [1.29, 1.82) is 0 Å². The van der Waals surface area contributed by atoms with Crippen LogP contribution >= 0.6 is 0 Å². The molecule has 0 aliphatic rings. The largest absolute Gasteiger partial charge is 0.493 e. The van der Waals surface area contributed by atoms with Gasteiger partial charge in [0.05, 0.1) is 13.7 Å². The molecule has 0 heterocycles. The highest BCUT2D eigenvalue weighted by molar-refractivity contribution is 5.43. The highest BCUT2D eigenvalue weighted by atomic mass is 16.5. The first-order chi connectivity index (χ1) is 9.23. The molecular formula is C15H27NO3. The topological polar surface area (TPSA) is 64.7 Å². The van der Waals surface area contributed by atoms with Crippen LogP contribution in [0.3, 0.4) is 0 Å². The summed E-state index contributed by atoms with van der Waals surface area (Å²) in [5, 5.41) is 8.68. The Kier molecular flexibility index (Phi) is 11.0. The molecule has 0 spiro atoms. The third kappa shape index (κ3) is 7.70. The molecule has 0 aliphatic carbocycles. The van der Waals surface area contributed by atoms with E-state index in [0.717, 1.165) is 12.0 Å². The molecule has 0 fully saturated rings. The van der Waals surface area contributed by atoms with E-state index < -0.39 is 0 Å². The number of methoxy groups -OCH3 is 1. The summed E-state index contributed by atoms with van der Waals surface area (Å²) in [7, 11) is 1.61. The first-order valence-corrected chi connectivity index (χ1v) is 6.84. The molecule has 0 radical (unpaired) electrons. The van der Waals surface area contributed by atoms with E-state index in [9.17, 15) is 0 Å². The van der Waals surface area contributed by atoms with E-state index in [1.54, 1.807) is 7.11 Å². The summed E-state index contributed by atoms with van der Waals surface area (Å²) in [6.07, 6.45) is 2.69. The molecule has 0 unspecified atom stereocenters. The van der Waals surface area contributed by atoms with Gasteiger partial charge in [-0.15, -0.1) is 0 Å². The molecule has 1 aromatic rings. The average molecular weight is 269 g/mol. The number of rotatable bonds is 7. The molecule has 0 atom stereocenters. The number of nitrogens with two attached hydrogens (primary N) is 1. The summed E-state index contributed by atoms with van der Waals surface area (Å²) >= 11 is 0. The monoisotopic (exact) mass is 269 g/mol. The molecule has 0 amide bonds. The van der Waals surface area contributed by atoms with Crippen LogP contribution in [0.25, 0.3) is 0 Å². The summed E-state index contributed by atoms with van der Waals surface area (Å²) in [5.74, 6) is 1.42. The van der Waals surface area contributed by atoms with Crippen molar-refractivity contribution in [3.63, 3.8) is 0 Å². The Bertz CT molecular complexity index is 329. The van der Waals surface area contributed by atoms with Gasteiger partial charge < -0.3 is 20.3 Å². The van der Waals surface area contributed by atoms with Crippen LogP contribution in [0.1, 0.15) is 32.3 Å². The van der Waals surface area contributed by atoms with Crippen molar-refractivity contribution in [3.8, 4) is 11.5 Å². The van der Waals surface area contributed by atoms with E-state index in [1.165, 1.54) is 6.42 Å². The van der Waals surface area contributed by atoms with E-state index in [4.69, 9.17) is 20.3 Å². The Morgan fingerprint density at radius 3 is 2.42 bits per heavy atom. The zero-order valence-electron chi connectivity index (χ0n) is 12.3. The maximum Gasteiger partial charge on any atom is 0.161 e. The lowest BCUT2D eigenvalue weighted by atomic mass is 10.1. The average Bonchev–Trinajstić information content (AvgIpc) is 2.41. The van der Waals surface area contributed by atoms with Gasteiger partial charge in [-0.3, -0.25) is 0 Å². The molecule has 110 valence electrons. The molecule has 3 N–H and O–H groups in total. The predicted octanol–water partition coefficient (Wildman–Crippen LogP) is 2.37. The second-order valence-corrected chi connectivity index (χ2v) is 4.16. The molecule has 0 aromatic heterocycles. The van der Waals surface area contributed by atoms with Crippen molar-refractivity contribution in [2.24, 2.45) is 5.73 Å². The standard InChI is InChI=1S/C12H19NO3.C3H8/c1-15-11-4-3-10(5-6-13)9-12(11)16-8-2-7-14;1-3-2/h3-4,9,14H,2,5-8,13H2,1H3;3H2,1-2H3. The van der Waals surface area contributed by atoms with Gasteiger partial charge in [-0.1, -0.05) is 26.3 Å². The normalized spacial score (nSPS) is 9.53. The van der Waals surface area contributed by atoms with Crippen LogP contribution in [0.4, 0.5) is 0 Å². The van der Waals surface area contributed by atoms with Gasteiger partial charge in [-0.05, 0) is 30.7 Å². The van der Waals surface area contributed by atoms with Crippen LogP contribution in [0.2, 0.25) is 0 Å². The highest BCUT2D eigenvalue weighted by Crippen LogP contribution is 2.28. The molecule has 0 aliphatic heterocycles. The number of aliphatic hydroxyl groups excluding tert-OH is 1. The minimum Gasteiger partial charge on any atom is -0.493 e. The first-order valence-electron chi connectivity index (χ1n) is 6.84. The van der Waals surface area contributed by atoms with Crippen molar-refractivity contribution in [2.45, 2.75) is 33.1 Å². The van der Waals surface area contributed by atoms with Crippen molar-refractivity contribution in [2.75, 3.05) is 26.9 Å². The van der Waals surface area contributed by atoms with E-state index in [1.807, 2.05) is 18.2 Å². The second kappa shape index (κ2) is 11.8. The second-order valence-electron chi connectivity index (χ2n) is 4.16. The smallest absolute Gasteiger partial charge is 0.161 e. The van der Waals surface area contributed by atoms with Crippen molar-refractivity contribution >= 4 is 0 Å². The highest BCUT2D eigenvalue weighted by Gasteiger charge is 2.05. The zero-order chi connectivity index (χ0) is 14.5. The van der Waals surface area contributed by atoms with Crippen molar-refractivity contribution in [1.82, 2.24) is 0 Å². The minimum atomic E-state index is 0.130. The van der Waals surface area contributed by atoms with Crippen molar-refractivity contribution in [3.05, 3.63) is 23.8 Å². The Morgan fingerprint density at radius 2 is 1.89 bits per heavy atom. The molecule has 0 bridgehead atoms. The Balaban J connectivity index is 0.000000982. The molecule has 0 saturated carbocycles. The van der Waals surface area contributed by atoms with Crippen LogP contribution in [-0.4, -0.2) is 32.0 Å². The minimum absolute atomic E-state index is 0.130. The lowest BCUT2D eigenvalue weighted by molar-refractivity contribution is 0.228. The van der Waals surface area contributed by atoms with Gasteiger partial charge in [0.1, 0.15) is 0 Å². The molecular weight excluding hydrogens is 242 g/mol. The fourth-order valence-corrected chi connectivity index (χ4v) is 1.40. The molecule has 4 nitrogen and oxygen atoms in total. The first kappa shape index (κ1) is 17.7. The number of aliphatic hydroxyl groups is 1. The van der Waals surface area contributed by atoms with E-state index in [2.05, 4.69) is 13.8 Å². The molecule has 1 rings (SSSR count). The number of ether oxygens (including phenoxy) is 2. The van der Waals surface area contributed by atoms with Gasteiger partial charge in [-0.2, -0.15) is 0 Å². The fourth-order valence-electron chi connectivity index (χ4n) is 1.40. The Morgan fingerprint density at radius 1 is 1.21 bits per heavy atom.